The van der Waals surface area contributed by atoms with Crippen LogP contribution in [0.5, 0.6) is 0 Å². The Morgan fingerprint density at radius 2 is 2.15 bits per heavy atom. The van der Waals surface area contributed by atoms with Crippen molar-refractivity contribution in [3.8, 4) is 0 Å². The number of H-pyrrole nitrogens is 1. The lowest BCUT2D eigenvalue weighted by atomic mass is 10.1. The van der Waals surface area contributed by atoms with Crippen LogP contribution in [-0.4, -0.2) is 50.9 Å². The molecule has 3 heterocycles. The van der Waals surface area contributed by atoms with Crippen molar-refractivity contribution in [1.29, 1.82) is 0 Å². The van der Waals surface area contributed by atoms with E-state index in [0.717, 1.165) is 32.0 Å². The predicted octanol–water partition coefficient (Wildman–Crippen LogP) is 3.03. The summed E-state index contributed by atoms with van der Waals surface area (Å²) in [7, 11) is 2.17. The smallest absolute Gasteiger partial charge is 0.144 e. The molecule has 3 N–H and O–H groups in total. The Kier molecular flexibility index (Phi) is 5.36. The second kappa shape index (κ2) is 8.06. The van der Waals surface area contributed by atoms with Crippen LogP contribution in [-0.2, 0) is 13.1 Å². The molecular formula is C21H28N6. The highest BCUT2D eigenvalue weighted by Crippen LogP contribution is 2.22. The van der Waals surface area contributed by atoms with Gasteiger partial charge in [-0.15, -0.1) is 0 Å². The zero-order valence-corrected chi connectivity index (χ0v) is 15.9. The number of rotatable bonds is 5. The minimum atomic E-state index is 0.541. The summed E-state index contributed by atoms with van der Waals surface area (Å²) in [6.07, 6.45) is 7.36. The molecule has 1 fully saturated rings. The monoisotopic (exact) mass is 364 g/mol. The van der Waals surface area contributed by atoms with Gasteiger partial charge in [-0.3, -0.25) is 9.80 Å². The fourth-order valence-electron chi connectivity index (χ4n) is 4.10. The molecule has 1 aromatic carbocycles. The first-order chi connectivity index (χ1) is 13.2. The van der Waals surface area contributed by atoms with E-state index in [9.17, 15) is 0 Å². The number of nitrogens with zero attached hydrogens (tertiary/aromatic N) is 4. The van der Waals surface area contributed by atoms with Gasteiger partial charge in [0.1, 0.15) is 11.6 Å². The largest absolute Gasteiger partial charge is 0.384 e. The highest BCUT2D eigenvalue weighted by Gasteiger charge is 2.21. The molecule has 2 aromatic heterocycles. The lowest BCUT2D eigenvalue weighted by Gasteiger charge is -2.26. The van der Waals surface area contributed by atoms with Crippen molar-refractivity contribution in [2.45, 2.75) is 38.4 Å². The molecular weight excluding hydrogens is 336 g/mol. The second-order valence-electron chi connectivity index (χ2n) is 7.53. The van der Waals surface area contributed by atoms with Gasteiger partial charge in [0.05, 0.1) is 6.54 Å². The van der Waals surface area contributed by atoms with Gasteiger partial charge >= 0.3 is 0 Å². The summed E-state index contributed by atoms with van der Waals surface area (Å²) in [4.78, 5) is 17.0. The van der Waals surface area contributed by atoms with E-state index in [-0.39, 0.29) is 0 Å². The van der Waals surface area contributed by atoms with E-state index in [1.165, 1.54) is 35.7 Å². The molecule has 1 aliphatic heterocycles. The molecule has 27 heavy (non-hydrogen) atoms. The summed E-state index contributed by atoms with van der Waals surface area (Å²) in [6.45, 7) is 4.02. The topological polar surface area (TPSA) is 74.1 Å². The highest BCUT2D eigenvalue weighted by molar-refractivity contribution is 5.82. The molecule has 1 saturated heterocycles. The number of hydrogen-bond acceptors (Lipinski definition) is 5. The Morgan fingerprint density at radius 1 is 1.22 bits per heavy atom. The molecule has 0 amide bonds. The third kappa shape index (κ3) is 4.28. The first-order valence-corrected chi connectivity index (χ1v) is 9.74. The zero-order valence-electron chi connectivity index (χ0n) is 15.9. The molecule has 0 radical (unpaired) electrons. The summed E-state index contributed by atoms with van der Waals surface area (Å²) in [5.41, 5.74) is 8.44. The van der Waals surface area contributed by atoms with Gasteiger partial charge in [0.15, 0.2) is 0 Å². The normalized spacial score (nSPS) is 18.8. The molecule has 6 heteroatoms. The number of aromatic nitrogens is 3. The van der Waals surface area contributed by atoms with Crippen LogP contribution in [0.25, 0.3) is 10.9 Å². The quantitative estimate of drug-likeness (QED) is 0.728. The van der Waals surface area contributed by atoms with Crippen LogP contribution < -0.4 is 5.73 Å². The number of aromatic amines is 1. The number of benzene rings is 1. The lowest BCUT2D eigenvalue weighted by molar-refractivity contribution is 0.202. The number of nitrogens with one attached hydrogen (secondary N) is 1. The van der Waals surface area contributed by atoms with Crippen LogP contribution in [0, 0.1) is 0 Å². The minimum Gasteiger partial charge on any atom is -0.384 e. The molecule has 1 atom stereocenters. The number of fused-ring (bicyclic) bond motifs is 1. The highest BCUT2D eigenvalue weighted by atomic mass is 15.2. The van der Waals surface area contributed by atoms with Gasteiger partial charge in [0.2, 0.25) is 0 Å². The Hall–Kier alpha value is -2.44. The molecule has 6 nitrogen and oxygen atoms in total. The van der Waals surface area contributed by atoms with Gasteiger partial charge in [-0.2, -0.15) is 0 Å². The van der Waals surface area contributed by atoms with Gasteiger partial charge in [-0.1, -0.05) is 18.2 Å². The van der Waals surface area contributed by atoms with Crippen LogP contribution >= 0.6 is 0 Å². The summed E-state index contributed by atoms with van der Waals surface area (Å²) in [5.74, 6) is 1.34. The van der Waals surface area contributed by atoms with Crippen LogP contribution in [0.3, 0.4) is 0 Å². The number of hydrogen-bond donors (Lipinski definition) is 2. The van der Waals surface area contributed by atoms with E-state index in [1.54, 1.807) is 12.3 Å². The van der Waals surface area contributed by atoms with Crippen LogP contribution in [0.15, 0.2) is 42.7 Å². The Labute approximate surface area is 160 Å². The summed E-state index contributed by atoms with van der Waals surface area (Å²) >= 11 is 0. The van der Waals surface area contributed by atoms with Crippen LogP contribution in [0.1, 0.15) is 30.7 Å². The lowest BCUT2D eigenvalue weighted by Crippen LogP contribution is -2.33. The van der Waals surface area contributed by atoms with E-state index in [0.29, 0.717) is 11.9 Å². The third-order valence-electron chi connectivity index (χ3n) is 5.60. The van der Waals surface area contributed by atoms with Crippen molar-refractivity contribution in [2.24, 2.45) is 0 Å². The predicted molar refractivity (Wildman–Crippen MR) is 109 cm³/mol. The van der Waals surface area contributed by atoms with Gasteiger partial charge in [-0.25, -0.2) is 9.97 Å². The average molecular weight is 364 g/mol. The molecule has 0 saturated carbocycles. The molecule has 3 aromatic rings. The number of nitrogens with two attached hydrogens (primary N) is 1. The van der Waals surface area contributed by atoms with Gasteiger partial charge in [-0.05, 0) is 62.5 Å². The number of para-hydroxylation sites is 1. The molecule has 0 spiro atoms. The Balaban J connectivity index is 1.36. The number of nitrogen functional groups attached to an aromatic ring is 1. The van der Waals surface area contributed by atoms with Crippen molar-refractivity contribution in [3.63, 3.8) is 0 Å². The van der Waals surface area contributed by atoms with Crippen LogP contribution in [0.4, 0.5) is 5.82 Å². The zero-order chi connectivity index (χ0) is 18.6. The van der Waals surface area contributed by atoms with E-state index in [1.807, 2.05) is 6.20 Å². The molecule has 1 unspecified atom stereocenters. The Morgan fingerprint density at radius 3 is 3.04 bits per heavy atom. The van der Waals surface area contributed by atoms with E-state index in [4.69, 9.17) is 5.73 Å². The fourth-order valence-corrected chi connectivity index (χ4v) is 4.10. The second-order valence-corrected chi connectivity index (χ2v) is 7.53. The van der Waals surface area contributed by atoms with Crippen LogP contribution in [0.2, 0.25) is 0 Å². The first kappa shape index (κ1) is 17.9. The SMILES string of the molecule is CN(Cc1nccc(N)n1)C1CCCN(Cc2cccc3cc[nH]c23)CC1. The molecule has 0 aliphatic carbocycles. The summed E-state index contributed by atoms with van der Waals surface area (Å²) in [5, 5.41) is 1.29. The van der Waals surface area contributed by atoms with Gasteiger partial charge < -0.3 is 10.7 Å². The Bertz CT molecular complexity index is 889. The third-order valence-corrected chi connectivity index (χ3v) is 5.60. The summed E-state index contributed by atoms with van der Waals surface area (Å²) < 4.78 is 0. The van der Waals surface area contributed by atoms with Gasteiger partial charge in [0, 0.05) is 30.5 Å². The number of likely N-dealkylation sites (tertiary alicyclic amines) is 1. The maximum Gasteiger partial charge on any atom is 0.144 e. The van der Waals surface area contributed by atoms with Crippen molar-refractivity contribution in [1.82, 2.24) is 24.8 Å². The fraction of sp³-hybridized carbons (Fsp3) is 0.429. The summed E-state index contributed by atoms with van der Waals surface area (Å²) in [6, 6.07) is 11.0. The van der Waals surface area contributed by atoms with E-state index >= 15 is 0 Å². The van der Waals surface area contributed by atoms with Crippen molar-refractivity contribution < 1.29 is 0 Å². The van der Waals surface area contributed by atoms with Crippen molar-refractivity contribution in [2.75, 3.05) is 25.9 Å². The van der Waals surface area contributed by atoms with Crippen molar-refractivity contribution >= 4 is 16.7 Å². The minimum absolute atomic E-state index is 0.541. The maximum absolute atomic E-state index is 5.78. The average Bonchev–Trinajstić information content (AvgIpc) is 3.02. The van der Waals surface area contributed by atoms with Crippen molar-refractivity contribution in [3.05, 3.63) is 54.1 Å². The number of anilines is 1. The molecule has 142 valence electrons. The molecule has 1 aliphatic rings. The van der Waals surface area contributed by atoms with E-state index in [2.05, 4.69) is 56.1 Å². The maximum atomic E-state index is 5.78. The molecule has 4 rings (SSSR count). The van der Waals surface area contributed by atoms with Gasteiger partial charge in [0.25, 0.3) is 0 Å². The standard InChI is InChI=1S/C21H28N6/c1-26(15-20-23-11-8-19(22)25-20)18-6-3-12-27(13-9-18)14-17-5-2-4-16-7-10-24-21(16)17/h2,4-5,7-8,10-11,18,24H,3,6,9,12-15H2,1H3,(H2,22,23,25). The van der Waals surface area contributed by atoms with E-state index < -0.39 is 0 Å². The first-order valence-electron chi connectivity index (χ1n) is 9.74. The molecule has 0 bridgehead atoms.